The second-order valence-corrected chi connectivity index (χ2v) is 2.52. The van der Waals surface area contributed by atoms with Gasteiger partial charge in [-0.15, -0.1) is 0 Å². The van der Waals surface area contributed by atoms with Gasteiger partial charge in [0.15, 0.2) is 0 Å². The SMILES string of the molecule is C[C@H](O)C(=O)N1CC(F)C1. The Morgan fingerprint density at radius 2 is 2.30 bits per heavy atom. The lowest BCUT2D eigenvalue weighted by atomic mass is 10.1. The van der Waals surface area contributed by atoms with E-state index in [4.69, 9.17) is 5.11 Å². The van der Waals surface area contributed by atoms with Crippen LogP contribution in [0.2, 0.25) is 0 Å². The minimum absolute atomic E-state index is 0.143. The number of hydrogen-bond donors (Lipinski definition) is 1. The Kier molecular flexibility index (Phi) is 1.89. The molecule has 1 amide bonds. The summed E-state index contributed by atoms with van der Waals surface area (Å²) in [5.41, 5.74) is 0. The summed E-state index contributed by atoms with van der Waals surface area (Å²) in [5, 5.41) is 8.73. The van der Waals surface area contributed by atoms with Crippen molar-refractivity contribution in [1.82, 2.24) is 4.90 Å². The van der Waals surface area contributed by atoms with Crippen LogP contribution in [0.15, 0.2) is 0 Å². The minimum atomic E-state index is -0.993. The van der Waals surface area contributed by atoms with Crippen LogP contribution in [0.3, 0.4) is 0 Å². The zero-order chi connectivity index (χ0) is 7.72. The first kappa shape index (κ1) is 7.47. The van der Waals surface area contributed by atoms with Crippen LogP contribution in [0.4, 0.5) is 4.39 Å². The monoisotopic (exact) mass is 147 g/mol. The number of carbonyl (C=O) groups is 1. The lowest BCUT2D eigenvalue weighted by Crippen LogP contribution is -2.54. The molecule has 0 saturated carbocycles. The van der Waals surface area contributed by atoms with Gasteiger partial charge in [-0.1, -0.05) is 0 Å². The Hall–Kier alpha value is -0.640. The summed E-state index contributed by atoms with van der Waals surface area (Å²) >= 11 is 0. The Morgan fingerprint density at radius 1 is 1.80 bits per heavy atom. The van der Waals surface area contributed by atoms with Gasteiger partial charge in [-0.3, -0.25) is 4.79 Å². The molecule has 1 saturated heterocycles. The van der Waals surface area contributed by atoms with Gasteiger partial charge in [0, 0.05) is 0 Å². The Balaban J connectivity index is 2.31. The molecule has 1 aliphatic heterocycles. The molecular formula is C6H10FNO2. The van der Waals surface area contributed by atoms with Gasteiger partial charge in [0.25, 0.3) is 5.91 Å². The van der Waals surface area contributed by atoms with Crippen LogP contribution in [-0.2, 0) is 4.79 Å². The van der Waals surface area contributed by atoms with Gasteiger partial charge >= 0.3 is 0 Å². The van der Waals surface area contributed by atoms with Gasteiger partial charge in [-0.2, -0.15) is 0 Å². The average molecular weight is 147 g/mol. The topological polar surface area (TPSA) is 40.5 Å². The number of aliphatic hydroxyl groups is 1. The molecule has 1 heterocycles. The third-order valence-corrected chi connectivity index (χ3v) is 1.51. The van der Waals surface area contributed by atoms with Crippen LogP contribution < -0.4 is 0 Å². The molecule has 1 rings (SSSR count). The zero-order valence-corrected chi connectivity index (χ0v) is 5.75. The molecule has 1 N–H and O–H groups in total. The maximum Gasteiger partial charge on any atom is 0.251 e. The number of carbonyl (C=O) groups excluding carboxylic acids is 1. The normalized spacial score (nSPS) is 22.1. The standard InChI is InChI=1S/C6H10FNO2/c1-4(9)6(10)8-2-5(7)3-8/h4-5,9H,2-3H2,1H3/t4-/m0/s1. The van der Waals surface area contributed by atoms with Gasteiger partial charge in [-0.05, 0) is 6.92 Å². The highest BCUT2D eigenvalue weighted by atomic mass is 19.1. The predicted octanol–water partition coefficient (Wildman–Crippen LogP) is -0.453. The number of amides is 1. The van der Waals surface area contributed by atoms with Crippen LogP contribution in [0.1, 0.15) is 6.92 Å². The highest BCUT2D eigenvalue weighted by Gasteiger charge is 2.31. The molecule has 1 atom stereocenters. The van der Waals surface area contributed by atoms with E-state index >= 15 is 0 Å². The molecule has 10 heavy (non-hydrogen) atoms. The molecule has 0 aromatic heterocycles. The minimum Gasteiger partial charge on any atom is -0.384 e. The van der Waals surface area contributed by atoms with Crippen molar-refractivity contribution in [2.75, 3.05) is 13.1 Å². The molecule has 1 fully saturated rings. The molecule has 3 nitrogen and oxygen atoms in total. The van der Waals surface area contributed by atoms with E-state index in [2.05, 4.69) is 0 Å². The van der Waals surface area contributed by atoms with Gasteiger partial charge in [0.1, 0.15) is 12.3 Å². The maximum atomic E-state index is 12.1. The van der Waals surface area contributed by atoms with Crippen LogP contribution in [-0.4, -0.2) is 41.3 Å². The highest BCUT2D eigenvalue weighted by molar-refractivity contribution is 5.81. The lowest BCUT2D eigenvalue weighted by molar-refractivity contribution is -0.146. The van der Waals surface area contributed by atoms with E-state index in [1.807, 2.05) is 0 Å². The zero-order valence-electron chi connectivity index (χ0n) is 5.75. The fraction of sp³-hybridized carbons (Fsp3) is 0.833. The van der Waals surface area contributed by atoms with E-state index in [9.17, 15) is 9.18 Å². The van der Waals surface area contributed by atoms with Crippen molar-refractivity contribution < 1.29 is 14.3 Å². The van der Waals surface area contributed by atoms with Crippen molar-refractivity contribution in [2.24, 2.45) is 0 Å². The van der Waals surface area contributed by atoms with Crippen LogP contribution in [0.5, 0.6) is 0 Å². The number of likely N-dealkylation sites (tertiary alicyclic amines) is 1. The largest absolute Gasteiger partial charge is 0.384 e. The Labute approximate surface area is 58.4 Å². The molecule has 0 aromatic carbocycles. The van der Waals surface area contributed by atoms with Crippen molar-refractivity contribution in [3.05, 3.63) is 0 Å². The smallest absolute Gasteiger partial charge is 0.251 e. The summed E-state index contributed by atoms with van der Waals surface area (Å²) in [4.78, 5) is 12.1. The number of nitrogens with zero attached hydrogens (tertiary/aromatic N) is 1. The first-order valence-electron chi connectivity index (χ1n) is 3.22. The molecular weight excluding hydrogens is 137 g/mol. The van der Waals surface area contributed by atoms with E-state index in [1.165, 1.54) is 11.8 Å². The quantitative estimate of drug-likeness (QED) is 0.545. The van der Waals surface area contributed by atoms with E-state index < -0.39 is 12.3 Å². The van der Waals surface area contributed by atoms with E-state index in [0.717, 1.165) is 0 Å². The van der Waals surface area contributed by atoms with Crippen molar-refractivity contribution >= 4 is 5.91 Å². The third kappa shape index (κ3) is 1.26. The first-order chi connectivity index (χ1) is 4.61. The van der Waals surface area contributed by atoms with Crippen molar-refractivity contribution in [2.45, 2.75) is 19.2 Å². The van der Waals surface area contributed by atoms with E-state index in [-0.39, 0.29) is 19.0 Å². The fourth-order valence-corrected chi connectivity index (χ4v) is 0.869. The number of alkyl halides is 1. The first-order valence-corrected chi connectivity index (χ1v) is 3.22. The van der Waals surface area contributed by atoms with Gasteiger partial charge < -0.3 is 10.0 Å². The van der Waals surface area contributed by atoms with Gasteiger partial charge in [0.2, 0.25) is 0 Å². The van der Waals surface area contributed by atoms with E-state index in [1.54, 1.807) is 0 Å². The molecule has 1 aliphatic rings. The van der Waals surface area contributed by atoms with Gasteiger partial charge in [0.05, 0.1) is 13.1 Å². The number of halogens is 1. The molecule has 0 radical (unpaired) electrons. The summed E-state index contributed by atoms with van der Waals surface area (Å²) in [6.45, 7) is 1.67. The summed E-state index contributed by atoms with van der Waals surface area (Å²) in [7, 11) is 0. The summed E-state index contributed by atoms with van der Waals surface area (Å²) < 4.78 is 12.1. The van der Waals surface area contributed by atoms with Crippen LogP contribution >= 0.6 is 0 Å². The average Bonchev–Trinajstić information content (AvgIpc) is 1.79. The van der Waals surface area contributed by atoms with Crippen LogP contribution in [0, 0.1) is 0 Å². The maximum absolute atomic E-state index is 12.1. The van der Waals surface area contributed by atoms with E-state index in [0.29, 0.717) is 0 Å². The van der Waals surface area contributed by atoms with Crippen molar-refractivity contribution in [1.29, 1.82) is 0 Å². The summed E-state index contributed by atoms with van der Waals surface area (Å²) in [5.74, 6) is -0.381. The molecule has 58 valence electrons. The predicted molar refractivity (Wildman–Crippen MR) is 33.2 cm³/mol. The number of hydrogen-bond acceptors (Lipinski definition) is 2. The summed E-state index contributed by atoms with van der Waals surface area (Å²) in [6.07, 6.45) is -1.88. The molecule has 0 aromatic rings. The van der Waals surface area contributed by atoms with Gasteiger partial charge in [-0.25, -0.2) is 4.39 Å². The van der Waals surface area contributed by atoms with Crippen molar-refractivity contribution in [3.63, 3.8) is 0 Å². The second kappa shape index (κ2) is 2.54. The fourth-order valence-electron chi connectivity index (χ4n) is 0.869. The Morgan fingerprint density at radius 3 is 2.60 bits per heavy atom. The number of aliphatic hydroxyl groups excluding tert-OH is 1. The molecule has 0 unspecified atom stereocenters. The second-order valence-electron chi connectivity index (χ2n) is 2.52. The molecule has 4 heteroatoms. The van der Waals surface area contributed by atoms with Crippen molar-refractivity contribution in [3.8, 4) is 0 Å². The Bertz CT molecular complexity index is 143. The molecule has 0 aliphatic carbocycles. The summed E-state index contributed by atoms with van der Waals surface area (Å²) in [6, 6.07) is 0. The number of rotatable bonds is 1. The molecule has 0 spiro atoms. The van der Waals surface area contributed by atoms with Crippen LogP contribution in [0.25, 0.3) is 0 Å². The third-order valence-electron chi connectivity index (χ3n) is 1.51. The lowest BCUT2D eigenvalue weighted by Gasteiger charge is -2.35. The highest BCUT2D eigenvalue weighted by Crippen LogP contribution is 2.11. The molecule has 0 bridgehead atoms.